The van der Waals surface area contributed by atoms with Gasteiger partial charge in [0.15, 0.2) is 0 Å². The van der Waals surface area contributed by atoms with Gasteiger partial charge in [-0.25, -0.2) is 0 Å². The highest BCUT2D eigenvalue weighted by Gasteiger charge is 2.22. The molecule has 2 rings (SSSR count). The Bertz CT molecular complexity index is 631. The van der Waals surface area contributed by atoms with Crippen molar-refractivity contribution in [3.05, 3.63) is 47.3 Å². The van der Waals surface area contributed by atoms with E-state index in [0.29, 0.717) is 0 Å². The van der Waals surface area contributed by atoms with Crippen LogP contribution < -0.4 is 4.90 Å². The van der Waals surface area contributed by atoms with Crippen LogP contribution in [0.4, 0.5) is 5.69 Å². The fourth-order valence-electron chi connectivity index (χ4n) is 2.53. The summed E-state index contributed by atoms with van der Waals surface area (Å²) in [4.78, 5) is 13.1. The first kappa shape index (κ1) is 15.1. The van der Waals surface area contributed by atoms with Gasteiger partial charge in [0, 0.05) is 24.5 Å². The summed E-state index contributed by atoms with van der Waals surface area (Å²) in [7, 11) is 1.87. The molecule has 2 aromatic rings. The molecular weight excluding hydrogens is 266 g/mol. The van der Waals surface area contributed by atoms with Crippen LogP contribution in [0.5, 0.6) is 0 Å². The molecule has 0 saturated carbocycles. The van der Waals surface area contributed by atoms with Crippen LogP contribution in [0, 0.1) is 13.8 Å². The first-order valence-corrected chi connectivity index (χ1v) is 6.93. The molecule has 0 radical (unpaired) electrons. The number of rotatable bonds is 5. The van der Waals surface area contributed by atoms with Gasteiger partial charge in [-0.15, -0.1) is 0 Å². The molecule has 0 aliphatic rings. The van der Waals surface area contributed by atoms with E-state index in [1.54, 1.807) is 4.68 Å². The van der Waals surface area contributed by atoms with Gasteiger partial charge in [0.05, 0.1) is 11.7 Å². The van der Waals surface area contributed by atoms with E-state index in [0.717, 1.165) is 22.5 Å². The van der Waals surface area contributed by atoms with Crippen molar-refractivity contribution in [3.8, 4) is 0 Å². The lowest BCUT2D eigenvalue weighted by Gasteiger charge is -2.30. The zero-order valence-electron chi connectivity index (χ0n) is 12.9. The minimum Gasteiger partial charge on any atom is -0.480 e. The highest BCUT2D eigenvalue weighted by atomic mass is 16.4. The van der Waals surface area contributed by atoms with Crippen molar-refractivity contribution in [1.29, 1.82) is 0 Å². The largest absolute Gasteiger partial charge is 0.480 e. The molecule has 1 aromatic carbocycles. The van der Waals surface area contributed by atoms with Gasteiger partial charge in [0.25, 0.3) is 0 Å². The number of anilines is 1. The van der Waals surface area contributed by atoms with Gasteiger partial charge in [0.2, 0.25) is 0 Å². The predicted octanol–water partition coefficient (Wildman–Crippen LogP) is 2.69. The molecule has 1 atom stereocenters. The Balaban J connectivity index is 2.37. The summed E-state index contributed by atoms with van der Waals surface area (Å²) in [6, 6.07) is 7.85. The van der Waals surface area contributed by atoms with Crippen LogP contribution in [-0.4, -0.2) is 27.4 Å². The lowest BCUT2D eigenvalue weighted by atomic mass is 10.1. The van der Waals surface area contributed by atoms with Gasteiger partial charge in [0.1, 0.15) is 6.54 Å². The molecule has 0 saturated heterocycles. The van der Waals surface area contributed by atoms with Crippen LogP contribution in [0.2, 0.25) is 0 Å². The monoisotopic (exact) mass is 287 g/mol. The Hall–Kier alpha value is -2.30. The molecule has 0 aliphatic heterocycles. The quantitative estimate of drug-likeness (QED) is 0.918. The number of carbonyl (C=O) groups is 1. The standard InChI is InChI=1S/C16H21N3O2/c1-11-5-7-14(8-6-11)19(10-16(20)21)13(3)15-9-18(4)17-12(15)2/h5-9,13H,10H2,1-4H3,(H,20,21). The van der Waals surface area contributed by atoms with Crippen molar-refractivity contribution in [3.63, 3.8) is 0 Å². The minimum absolute atomic E-state index is 0.0431. The van der Waals surface area contributed by atoms with Crippen molar-refractivity contribution in [2.75, 3.05) is 11.4 Å². The zero-order chi connectivity index (χ0) is 15.6. The van der Waals surface area contributed by atoms with Crippen LogP contribution in [0.1, 0.15) is 29.8 Å². The number of aryl methyl sites for hydroxylation is 3. The Labute approximate surface area is 124 Å². The first-order chi connectivity index (χ1) is 9.88. The van der Waals surface area contributed by atoms with Gasteiger partial charge < -0.3 is 10.0 Å². The fourth-order valence-corrected chi connectivity index (χ4v) is 2.53. The van der Waals surface area contributed by atoms with Crippen LogP contribution in [0.15, 0.2) is 30.5 Å². The minimum atomic E-state index is -0.844. The smallest absolute Gasteiger partial charge is 0.323 e. The van der Waals surface area contributed by atoms with Gasteiger partial charge in [-0.3, -0.25) is 9.48 Å². The Kier molecular flexibility index (Phi) is 4.31. The molecular formula is C16H21N3O2. The Morgan fingerprint density at radius 1 is 1.33 bits per heavy atom. The summed E-state index contributed by atoms with van der Waals surface area (Å²) >= 11 is 0. The molecule has 0 aliphatic carbocycles. The number of carboxylic acid groups (broad SMARTS) is 1. The summed E-state index contributed by atoms with van der Waals surface area (Å²) in [5, 5.41) is 13.6. The Morgan fingerprint density at radius 2 is 1.95 bits per heavy atom. The number of aliphatic carboxylic acids is 1. The molecule has 1 aromatic heterocycles. The summed E-state index contributed by atoms with van der Waals surface area (Å²) in [6.07, 6.45) is 1.95. The maximum atomic E-state index is 11.2. The molecule has 5 nitrogen and oxygen atoms in total. The molecule has 1 heterocycles. The van der Waals surface area contributed by atoms with Crippen LogP contribution >= 0.6 is 0 Å². The second-order valence-electron chi connectivity index (χ2n) is 5.38. The third kappa shape index (κ3) is 3.42. The summed E-state index contributed by atoms with van der Waals surface area (Å²) in [5.41, 5.74) is 4.02. The van der Waals surface area contributed by atoms with E-state index in [1.165, 1.54) is 0 Å². The molecule has 0 spiro atoms. The molecule has 112 valence electrons. The van der Waals surface area contributed by atoms with Crippen LogP contribution in [-0.2, 0) is 11.8 Å². The van der Waals surface area contributed by atoms with Gasteiger partial charge in [-0.05, 0) is 32.9 Å². The van der Waals surface area contributed by atoms with Gasteiger partial charge >= 0.3 is 5.97 Å². The van der Waals surface area contributed by atoms with E-state index in [9.17, 15) is 9.90 Å². The van der Waals surface area contributed by atoms with Crippen molar-refractivity contribution in [2.45, 2.75) is 26.8 Å². The van der Waals surface area contributed by atoms with E-state index >= 15 is 0 Å². The van der Waals surface area contributed by atoms with Crippen molar-refractivity contribution in [2.24, 2.45) is 7.05 Å². The molecule has 0 bridgehead atoms. The number of benzene rings is 1. The summed E-state index contributed by atoms with van der Waals surface area (Å²) in [5.74, 6) is -0.844. The lowest BCUT2D eigenvalue weighted by molar-refractivity contribution is -0.135. The molecule has 5 heteroatoms. The highest BCUT2D eigenvalue weighted by molar-refractivity contribution is 5.74. The molecule has 1 unspecified atom stereocenters. The average molecular weight is 287 g/mol. The predicted molar refractivity (Wildman–Crippen MR) is 82.5 cm³/mol. The SMILES string of the molecule is Cc1ccc(N(CC(=O)O)C(C)c2cn(C)nc2C)cc1. The summed E-state index contributed by atoms with van der Waals surface area (Å²) in [6.45, 7) is 5.92. The highest BCUT2D eigenvalue weighted by Crippen LogP contribution is 2.28. The van der Waals surface area contributed by atoms with Crippen LogP contribution in [0.3, 0.4) is 0 Å². The fraction of sp³-hybridized carbons (Fsp3) is 0.375. The maximum absolute atomic E-state index is 11.2. The summed E-state index contributed by atoms with van der Waals surface area (Å²) < 4.78 is 1.76. The second-order valence-corrected chi connectivity index (χ2v) is 5.38. The number of carboxylic acids is 1. The first-order valence-electron chi connectivity index (χ1n) is 6.93. The topological polar surface area (TPSA) is 58.4 Å². The van der Waals surface area contributed by atoms with Crippen LogP contribution in [0.25, 0.3) is 0 Å². The number of nitrogens with zero attached hydrogens (tertiary/aromatic N) is 3. The lowest BCUT2D eigenvalue weighted by Crippen LogP contribution is -2.32. The average Bonchev–Trinajstić information content (AvgIpc) is 2.75. The Morgan fingerprint density at radius 3 is 2.43 bits per heavy atom. The third-order valence-corrected chi connectivity index (χ3v) is 3.64. The van der Waals surface area contributed by atoms with Gasteiger partial charge in [-0.2, -0.15) is 5.10 Å². The molecule has 0 amide bonds. The maximum Gasteiger partial charge on any atom is 0.323 e. The number of hydrogen-bond acceptors (Lipinski definition) is 3. The van der Waals surface area contributed by atoms with E-state index in [2.05, 4.69) is 5.10 Å². The zero-order valence-corrected chi connectivity index (χ0v) is 12.9. The number of aromatic nitrogens is 2. The van der Waals surface area contributed by atoms with E-state index < -0.39 is 5.97 Å². The molecule has 1 N–H and O–H groups in total. The van der Waals surface area contributed by atoms with Gasteiger partial charge in [-0.1, -0.05) is 17.7 Å². The second kappa shape index (κ2) is 5.99. The van der Waals surface area contributed by atoms with E-state index in [1.807, 2.05) is 63.2 Å². The molecule has 0 fully saturated rings. The van der Waals surface area contributed by atoms with Crippen molar-refractivity contribution in [1.82, 2.24) is 9.78 Å². The third-order valence-electron chi connectivity index (χ3n) is 3.64. The van der Waals surface area contributed by atoms with Crippen molar-refractivity contribution < 1.29 is 9.90 Å². The molecule has 21 heavy (non-hydrogen) atoms. The van der Waals surface area contributed by atoms with E-state index in [-0.39, 0.29) is 12.6 Å². The van der Waals surface area contributed by atoms with Crippen molar-refractivity contribution >= 4 is 11.7 Å². The normalized spacial score (nSPS) is 12.2. The number of hydrogen-bond donors (Lipinski definition) is 1. The van der Waals surface area contributed by atoms with E-state index in [4.69, 9.17) is 0 Å².